The van der Waals surface area contributed by atoms with Gasteiger partial charge in [0.15, 0.2) is 11.6 Å². The Morgan fingerprint density at radius 3 is 2.33 bits per heavy atom. The van der Waals surface area contributed by atoms with E-state index in [4.69, 9.17) is 11.6 Å². The van der Waals surface area contributed by atoms with Crippen LogP contribution in [0.25, 0.3) is 6.08 Å². The SMILES string of the molecule is Cc1ccc2c(c1)[C@]1(C(=O)N2)C2C=Cc3ccccc3N2[C@@H](C(=O)c2ccc(Cl)cc2)[C@@H]1C(=O)c1ccccc1. The van der Waals surface area contributed by atoms with Crippen molar-refractivity contribution in [3.8, 4) is 0 Å². The molecule has 196 valence electrons. The lowest BCUT2D eigenvalue weighted by molar-refractivity contribution is -0.121. The second-order valence-electron chi connectivity index (χ2n) is 10.7. The number of halogens is 1. The van der Waals surface area contributed by atoms with Gasteiger partial charge in [-0.1, -0.05) is 90.0 Å². The monoisotopic (exact) mass is 544 g/mol. The maximum Gasteiger partial charge on any atom is 0.238 e. The van der Waals surface area contributed by atoms with E-state index in [9.17, 15) is 14.4 Å². The van der Waals surface area contributed by atoms with E-state index in [0.717, 1.165) is 22.4 Å². The molecule has 0 saturated carbocycles. The summed E-state index contributed by atoms with van der Waals surface area (Å²) in [5, 5.41) is 3.59. The lowest BCUT2D eigenvalue weighted by Gasteiger charge is -2.37. The number of para-hydroxylation sites is 1. The van der Waals surface area contributed by atoms with Gasteiger partial charge in [0.2, 0.25) is 5.91 Å². The van der Waals surface area contributed by atoms with Crippen LogP contribution in [0.3, 0.4) is 0 Å². The number of benzene rings is 4. The van der Waals surface area contributed by atoms with Crippen molar-refractivity contribution in [2.75, 3.05) is 10.2 Å². The predicted molar refractivity (Wildman–Crippen MR) is 157 cm³/mol. The molecule has 0 radical (unpaired) electrons. The van der Waals surface area contributed by atoms with Crippen LogP contribution in [0.15, 0.2) is 103 Å². The normalized spacial score (nSPS) is 23.9. The van der Waals surface area contributed by atoms with E-state index in [1.165, 1.54) is 0 Å². The van der Waals surface area contributed by atoms with Crippen molar-refractivity contribution >= 4 is 46.5 Å². The molecule has 3 aliphatic heterocycles. The van der Waals surface area contributed by atoms with Gasteiger partial charge in [0, 0.05) is 27.5 Å². The van der Waals surface area contributed by atoms with Crippen molar-refractivity contribution in [3.63, 3.8) is 0 Å². The number of hydrogen-bond acceptors (Lipinski definition) is 4. The first kappa shape index (κ1) is 24.6. The lowest BCUT2D eigenvalue weighted by Crippen LogP contribution is -2.51. The Morgan fingerprint density at radius 2 is 1.55 bits per heavy atom. The fraction of sp³-hybridized carbons (Fsp3) is 0.147. The Hall–Kier alpha value is -4.48. The first-order chi connectivity index (χ1) is 19.4. The van der Waals surface area contributed by atoms with E-state index in [2.05, 4.69) is 5.32 Å². The van der Waals surface area contributed by atoms with Crippen molar-refractivity contribution in [1.82, 2.24) is 0 Å². The first-order valence-electron chi connectivity index (χ1n) is 13.3. The summed E-state index contributed by atoms with van der Waals surface area (Å²) in [5.74, 6) is -1.74. The lowest BCUT2D eigenvalue weighted by atomic mass is 9.64. The number of aryl methyl sites for hydroxylation is 1. The molecule has 6 heteroatoms. The third kappa shape index (κ3) is 3.37. The van der Waals surface area contributed by atoms with Gasteiger partial charge in [-0.25, -0.2) is 0 Å². The molecule has 0 bridgehead atoms. The number of amides is 1. The van der Waals surface area contributed by atoms with E-state index in [0.29, 0.717) is 21.8 Å². The zero-order valence-electron chi connectivity index (χ0n) is 21.7. The minimum Gasteiger partial charge on any atom is -0.352 e. The molecule has 1 saturated heterocycles. The minimum atomic E-state index is -1.33. The number of carbonyl (C=O) groups excluding carboxylic acids is 3. The highest BCUT2D eigenvalue weighted by Crippen LogP contribution is 2.58. The van der Waals surface area contributed by atoms with Gasteiger partial charge in [0.05, 0.1) is 12.0 Å². The van der Waals surface area contributed by atoms with Crippen LogP contribution in [0.2, 0.25) is 5.02 Å². The zero-order valence-corrected chi connectivity index (χ0v) is 22.4. The van der Waals surface area contributed by atoms with E-state index in [1.54, 1.807) is 48.5 Å². The standard InChI is InChI=1S/C34H25ClN2O3/c1-20-11-17-26-25(19-20)34(33(40)36-26)28-18-14-21-7-5-6-10-27(21)37(28)30(32(39)23-12-15-24(35)16-13-23)29(34)31(38)22-8-3-2-4-9-22/h2-19,28-30H,1H3,(H,36,40)/t28?,29-,30-,34+/m1/s1. The molecule has 4 aromatic carbocycles. The van der Waals surface area contributed by atoms with Crippen LogP contribution >= 0.6 is 11.6 Å². The molecular weight excluding hydrogens is 520 g/mol. The fourth-order valence-electron chi connectivity index (χ4n) is 6.84. The van der Waals surface area contributed by atoms with Crippen molar-refractivity contribution < 1.29 is 14.4 Å². The molecule has 7 rings (SSSR count). The van der Waals surface area contributed by atoms with E-state index in [1.807, 2.05) is 72.5 Å². The fourth-order valence-corrected chi connectivity index (χ4v) is 6.97. The van der Waals surface area contributed by atoms with Gasteiger partial charge in [0.1, 0.15) is 11.5 Å². The summed E-state index contributed by atoms with van der Waals surface area (Å²) >= 11 is 6.16. The highest BCUT2D eigenvalue weighted by molar-refractivity contribution is 6.30. The van der Waals surface area contributed by atoms with E-state index < -0.39 is 23.4 Å². The number of ketones is 2. The Bertz CT molecular complexity index is 1730. The molecule has 0 aromatic heterocycles. The number of nitrogens with one attached hydrogen (secondary N) is 1. The largest absolute Gasteiger partial charge is 0.352 e. The topological polar surface area (TPSA) is 66.5 Å². The smallest absolute Gasteiger partial charge is 0.238 e. The van der Waals surface area contributed by atoms with Crippen LogP contribution in [0, 0.1) is 12.8 Å². The van der Waals surface area contributed by atoms with Gasteiger partial charge in [-0.15, -0.1) is 0 Å². The van der Waals surface area contributed by atoms with Crippen LogP contribution in [0.4, 0.5) is 11.4 Å². The molecular formula is C34H25ClN2O3. The van der Waals surface area contributed by atoms with E-state index in [-0.39, 0.29) is 17.5 Å². The highest BCUT2D eigenvalue weighted by Gasteiger charge is 2.70. The molecule has 1 fully saturated rings. The number of fused-ring (bicyclic) bond motifs is 6. The Morgan fingerprint density at radius 1 is 0.850 bits per heavy atom. The van der Waals surface area contributed by atoms with Crippen LogP contribution in [0.1, 0.15) is 37.4 Å². The second-order valence-corrected chi connectivity index (χ2v) is 11.1. The summed E-state index contributed by atoms with van der Waals surface area (Å²) in [6.45, 7) is 1.97. The van der Waals surface area contributed by atoms with Gasteiger partial charge in [-0.05, 0) is 54.4 Å². The summed E-state index contributed by atoms with van der Waals surface area (Å²) in [5.41, 5.74) is 3.71. The van der Waals surface area contributed by atoms with Crippen LogP contribution in [-0.2, 0) is 10.2 Å². The Labute approximate surface area is 237 Å². The molecule has 1 amide bonds. The van der Waals surface area contributed by atoms with Crippen LogP contribution < -0.4 is 10.2 Å². The Balaban J connectivity index is 1.55. The van der Waals surface area contributed by atoms with Gasteiger partial charge >= 0.3 is 0 Å². The molecule has 40 heavy (non-hydrogen) atoms. The predicted octanol–water partition coefficient (Wildman–Crippen LogP) is 6.50. The second kappa shape index (κ2) is 9.04. The van der Waals surface area contributed by atoms with E-state index >= 15 is 0 Å². The molecule has 3 aliphatic rings. The summed E-state index contributed by atoms with van der Waals surface area (Å²) in [6, 6.07) is 27.8. The average Bonchev–Trinajstić information content (AvgIpc) is 3.45. The molecule has 1 N–H and O–H groups in total. The minimum absolute atomic E-state index is 0.230. The molecule has 4 atom stereocenters. The van der Waals surface area contributed by atoms with Crippen LogP contribution in [-0.4, -0.2) is 29.6 Å². The van der Waals surface area contributed by atoms with Gasteiger partial charge in [0.25, 0.3) is 0 Å². The van der Waals surface area contributed by atoms with Gasteiger partial charge < -0.3 is 10.2 Å². The molecule has 5 nitrogen and oxygen atoms in total. The molecule has 1 spiro atoms. The van der Waals surface area contributed by atoms with Gasteiger partial charge in [-0.2, -0.15) is 0 Å². The summed E-state index contributed by atoms with van der Waals surface area (Å²) in [4.78, 5) is 45.7. The first-order valence-corrected chi connectivity index (χ1v) is 13.7. The number of rotatable bonds is 4. The zero-order chi connectivity index (χ0) is 27.6. The van der Waals surface area contributed by atoms with Crippen molar-refractivity contribution in [2.24, 2.45) is 5.92 Å². The number of anilines is 2. The summed E-state index contributed by atoms with van der Waals surface area (Å²) < 4.78 is 0. The summed E-state index contributed by atoms with van der Waals surface area (Å²) in [6.07, 6.45) is 3.98. The third-order valence-electron chi connectivity index (χ3n) is 8.53. The van der Waals surface area contributed by atoms with Crippen molar-refractivity contribution in [2.45, 2.75) is 24.4 Å². The highest BCUT2D eigenvalue weighted by atomic mass is 35.5. The average molecular weight is 545 g/mol. The van der Waals surface area contributed by atoms with Crippen molar-refractivity contribution in [3.05, 3.63) is 136 Å². The third-order valence-corrected chi connectivity index (χ3v) is 8.78. The maximum atomic E-state index is 14.7. The molecule has 3 heterocycles. The molecule has 4 aromatic rings. The van der Waals surface area contributed by atoms with Crippen molar-refractivity contribution in [1.29, 1.82) is 0 Å². The summed E-state index contributed by atoms with van der Waals surface area (Å²) in [7, 11) is 0. The van der Waals surface area contributed by atoms with Crippen LogP contribution in [0.5, 0.6) is 0 Å². The quantitative estimate of drug-likeness (QED) is 0.298. The van der Waals surface area contributed by atoms with Gasteiger partial charge in [-0.3, -0.25) is 14.4 Å². The Kier molecular flexibility index (Phi) is 5.55. The maximum absolute atomic E-state index is 14.7. The number of carbonyl (C=O) groups is 3. The number of hydrogen-bond donors (Lipinski definition) is 1. The number of nitrogens with zero attached hydrogens (tertiary/aromatic N) is 1. The number of Topliss-reactive ketones (excluding diaryl/α,β-unsaturated/α-hetero) is 2. The molecule has 0 aliphatic carbocycles. The molecule has 1 unspecified atom stereocenters.